The Bertz CT molecular complexity index is 525. The molecule has 1 aromatic rings. The van der Waals surface area contributed by atoms with Crippen molar-refractivity contribution >= 4 is 5.91 Å². The molecule has 0 bridgehead atoms. The second-order valence-corrected chi connectivity index (χ2v) is 5.21. The van der Waals surface area contributed by atoms with E-state index in [9.17, 15) is 4.79 Å². The zero-order chi connectivity index (χ0) is 14.9. The fourth-order valence-electron chi connectivity index (χ4n) is 2.44. The van der Waals surface area contributed by atoms with Crippen LogP contribution in [-0.2, 0) is 11.2 Å². The van der Waals surface area contributed by atoms with Crippen LogP contribution in [-0.4, -0.2) is 30.4 Å². The van der Waals surface area contributed by atoms with E-state index in [0.717, 1.165) is 32.4 Å². The summed E-state index contributed by atoms with van der Waals surface area (Å²) in [5.41, 5.74) is 1.43. The summed E-state index contributed by atoms with van der Waals surface area (Å²) in [5, 5.41) is 12.2. The molecule has 1 fully saturated rings. The lowest BCUT2D eigenvalue weighted by atomic mass is 10.1. The third-order valence-electron chi connectivity index (χ3n) is 3.64. The average molecular weight is 283 g/mol. The Hall–Kier alpha value is -2.28. The molecule has 1 heterocycles. The van der Waals surface area contributed by atoms with Crippen LogP contribution >= 0.6 is 0 Å². The highest BCUT2D eigenvalue weighted by atomic mass is 16.2. The molecule has 1 aliphatic rings. The first-order valence-electron chi connectivity index (χ1n) is 7.48. The molecule has 0 aliphatic carbocycles. The zero-order valence-electron chi connectivity index (χ0n) is 12.2. The van der Waals surface area contributed by atoms with Crippen LogP contribution in [0.4, 0.5) is 0 Å². The van der Waals surface area contributed by atoms with Crippen molar-refractivity contribution in [1.29, 1.82) is 5.26 Å². The highest BCUT2D eigenvalue weighted by Crippen LogP contribution is 2.11. The van der Waals surface area contributed by atoms with Gasteiger partial charge in [0.05, 0.1) is 0 Å². The van der Waals surface area contributed by atoms with E-state index in [0.29, 0.717) is 6.54 Å². The molecule has 0 atom stereocenters. The van der Waals surface area contributed by atoms with E-state index >= 15 is 0 Å². The van der Waals surface area contributed by atoms with Gasteiger partial charge < -0.3 is 10.2 Å². The van der Waals surface area contributed by atoms with Crippen molar-refractivity contribution in [2.24, 2.45) is 0 Å². The van der Waals surface area contributed by atoms with Crippen molar-refractivity contribution in [3.63, 3.8) is 0 Å². The van der Waals surface area contributed by atoms with Crippen LogP contribution in [0.15, 0.2) is 42.1 Å². The Kier molecular flexibility index (Phi) is 5.83. The first-order valence-corrected chi connectivity index (χ1v) is 7.48. The monoisotopic (exact) mass is 283 g/mol. The largest absolute Gasteiger partial charge is 0.389 e. The first kappa shape index (κ1) is 15.1. The number of nitriles is 1. The van der Waals surface area contributed by atoms with Crippen molar-refractivity contribution in [3.8, 4) is 6.07 Å². The second-order valence-electron chi connectivity index (χ2n) is 5.21. The zero-order valence-corrected chi connectivity index (χ0v) is 12.2. The van der Waals surface area contributed by atoms with Gasteiger partial charge in [0.2, 0.25) is 0 Å². The Morgan fingerprint density at radius 2 is 1.95 bits per heavy atom. The van der Waals surface area contributed by atoms with E-state index in [1.54, 1.807) is 11.1 Å². The molecule has 1 aromatic carbocycles. The predicted octanol–water partition coefficient (Wildman–Crippen LogP) is 2.24. The van der Waals surface area contributed by atoms with Gasteiger partial charge in [-0.25, -0.2) is 0 Å². The molecule has 21 heavy (non-hydrogen) atoms. The van der Waals surface area contributed by atoms with Crippen LogP contribution < -0.4 is 5.32 Å². The number of nitrogens with zero attached hydrogens (tertiary/aromatic N) is 2. The minimum absolute atomic E-state index is 0.149. The number of amides is 1. The van der Waals surface area contributed by atoms with E-state index in [4.69, 9.17) is 5.26 Å². The number of nitrogens with one attached hydrogen (secondary N) is 1. The number of benzene rings is 1. The molecule has 4 heteroatoms. The second kappa shape index (κ2) is 8.11. The lowest BCUT2D eigenvalue weighted by Crippen LogP contribution is -2.36. The van der Waals surface area contributed by atoms with Gasteiger partial charge in [-0.1, -0.05) is 30.3 Å². The van der Waals surface area contributed by atoms with Gasteiger partial charge in [-0.05, 0) is 31.2 Å². The van der Waals surface area contributed by atoms with Crippen LogP contribution in [0.25, 0.3) is 0 Å². The van der Waals surface area contributed by atoms with Crippen molar-refractivity contribution < 1.29 is 4.79 Å². The number of carbonyl (C=O) groups excluding carboxylic acids is 1. The van der Waals surface area contributed by atoms with Crippen LogP contribution in [0.1, 0.15) is 24.8 Å². The summed E-state index contributed by atoms with van der Waals surface area (Å²) in [4.78, 5) is 14.0. The van der Waals surface area contributed by atoms with E-state index in [1.807, 2.05) is 24.3 Å². The van der Waals surface area contributed by atoms with E-state index in [-0.39, 0.29) is 11.5 Å². The number of hydrogen-bond donors (Lipinski definition) is 1. The fraction of sp³-hybridized carbons (Fsp3) is 0.412. The third kappa shape index (κ3) is 4.64. The molecular formula is C17H21N3O. The molecule has 1 N–H and O–H groups in total. The molecular weight excluding hydrogens is 262 g/mol. The number of rotatable bonds is 5. The summed E-state index contributed by atoms with van der Waals surface area (Å²) in [6.45, 7) is 2.24. The molecule has 0 aromatic heterocycles. The molecule has 0 radical (unpaired) electrons. The topological polar surface area (TPSA) is 56.1 Å². The number of hydrogen-bond acceptors (Lipinski definition) is 3. The molecule has 1 amide bonds. The smallest absolute Gasteiger partial charge is 0.265 e. The van der Waals surface area contributed by atoms with Crippen LogP contribution in [0.2, 0.25) is 0 Å². The Labute approximate surface area is 126 Å². The van der Waals surface area contributed by atoms with Gasteiger partial charge in [-0.3, -0.25) is 4.79 Å². The molecule has 1 aliphatic heterocycles. The lowest BCUT2D eigenvalue weighted by Gasteiger charge is -2.26. The first-order chi connectivity index (χ1) is 10.3. The highest BCUT2D eigenvalue weighted by Gasteiger charge is 2.19. The quantitative estimate of drug-likeness (QED) is 0.512. The van der Waals surface area contributed by atoms with E-state index in [2.05, 4.69) is 17.4 Å². The average Bonchev–Trinajstić information content (AvgIpc) is 2.56. The highest BCUT2D eigenvalue weighted by molar-refractivity contribution is 5.97. The predicted molar refractivity (Wildman–Crippen MR) is 82.3 cm³/mol. The Morgan fingerprint density at radius 1 is 1.24 bits per heavy atom. The maximum Gasteiger partial charge on any atom is 0.265 e. The normalized spacial score (nSPS) is 15.4. The van der Waals surface area contributed by atoms with Gasteiger partial charge in [0.15, 0.2) is 0 Å². The summed E-state index contributed by atoms with van der Waals surface area (Å²) in [6.07, 6.45) is 5.66. The van der Waals surface area contributed by atoms with Crippen molar-refractivity contribution in [3.05, 3.63) is 47.7 Å². The van der Waals surface area contributed by atoms with E-state index in [1.165, 1.54) is 12.0 Å². The van der Waals surface area contributed by atoms with Crippen LogP contribution in [0.3, 0.4) is 0 Å². The van der Waals surface area contributed by atoms with E-state index < -0.39 is 0 Å². The minimum Gasteiger partial charge on any atom is -0.389 e. The van der Waals surface area contributed by atoms with Crippen molar-refractivity contribution in [2.75, 3.05) is 19.6 Å². The van der Waals surface area contributed by atoms with Gasteiger partial charge in [-0.15, -0.1) is 0 Å². The summed E-state index contributed by atoms with van der Waals surface area (Å²) in [5.74, 6) is -0.149. The lowest BCUT2D eigenvalue weighted by molar-refractivity contribution is -0.127. The Morgan fingerprint density at radius 3 is 2.62 bits per heavy atom. The molecule has 110 valence electrons. The number of piperidine rings is 1. The summed E-state index contributed by atoms with van der Waals surface area (Å²) in [7, 11) is 0. The van der Waals surface area contributed by atoms with Crippen molar-refractivity contribution in [2.45, 2.75) is 25.7 Å². The van der Waals surface area contributed by atoms with Gasteiger partial charge in [-0.2, -0.15) is 5.26 Å². The number of likely N-dealkylation sites (tertiary alicyclic amines) is 1. The summed E-state index contributed by atoms with van der Waals surface area (Å²) in [6, 6.07) is 12.1. The van der Waals surface area contributed by atoms with Gasteiger partial charge in [0.1, 0.15) is 11.6 Å². The molecule has 0 saturated carbocycles. The third-order valence-corrected chi connectivity index (χ3v) is 3.64. The van der Waals surface area contributed by atoms with Gasteiger partial charge >= 0.3 is 0 Å². The summed E-state index contributed by atoms with van der Waals surface area (Å²) >= 11 is 0. The minimum atomic E-state index is -0.149. The molecule has 4 nitrogen and oxygen atoms in total. The maximum atomic E-state index is 12.2. The molecule has 1 saturated heterocycles. The number of carbonyl (C=O) groups is 1. The maximum absolute atomic E-state index is 12.2. The Balaban J connectivity index is 1.82. The summed E-state index contributed by atoms with van der Waals surface area (Å²) < 4.78 is 0. The fourth-order valence-corrected chi connectivity index (χ4v) is 2.44. The molecule has 2 rings (SSSR count). The van der Waals surface area contributed by atoms with Gasteiger partial charge in [0, 0.05) is 25.8 Å². The van der Waals surface area contributed by atoms with Crippen molar-refractivity contribution in [1.82, 2.24) is 10.2 Å². The standard InChI is InChI=1S/C17H21N3O/c18-13-16(17(21)20-11-5-2-6-12-20)14-19-10-9-15-7-3-1-4-8-15/h1,3-4,7-8,14,19H,2,5-6,9-12H2/b16-14-. The van der Waals surface area contributed by atoms with Crippen LogP contribution in [0, 0.1) is 11.3 Å². The van der Waals surface area contributed by atoms with Crippen LogP contribution in [0.5, 0.6) is 0 Å². The SMILES string of the molecule is N#C/C(=C/NCCc1ccccc1)C(=O)N1CCCCC1. The van der Waals surface area contributed by atoms with Gasteiger partial charge in [0.25, 0.3) is 5.91 Å². The molecule has 0 spiro atoms. The molecule has 0 unspecified atom stereocenters.